The van der Waals surface area contributed by atoms with Crippen molar-refractivity contribution in [1.82, 2.24) is 0 Å². The van der Waals surface area contributed by atoms with Crippen molar-refractivity contribution in [3.8, 4) is 11.8 Å². The number of aromatic hydroxyl groups is 1. The van der Waals surface area contributed by atoms with Gasteiger partial charge in [0.2, 0.25) is 0 Å². The van der Waals surface area contributed by atoms with Crippen molar-refractivity contribution in [2.45, 2.75) is 6.42 Å². The summed E-state index contributed by atoms with van der Waals surface area (Å²) in [5, 5.41) is 19.9. The smallest absolute Gasteiger partial charge is 0.137 e. The number of rotatable bonds is 1. The molecule has 2 rings (SSSR count). The van der Waals surface area contributed by atoms with Crippen molar-refractivity contribution < 1.29 is 5.11 Å². The second kappa shape index (κ2) is 3.20. The van der Waals surface area contributed by atoms with Gasteiger partial charge in [0.05, 0.1) is 22.2 Å². The fourth-order valence-corrected chi connectivity index (χ4v) is 2.27. The van der Waals surface area contributed by atoms with Gasteiger partial charge in [-0.1, -0.05) is 12.1 Å². The van der Waals surface area contributed by atoms with E-state index < -0.39 is 0 Å². The maximum atomic E-state index is 9.80. The van der Waals surface area contributed by atoms with E-state index >= 15 is 0 Å². The van der Waals surface area contributed by atoms with E-state index in [1.54, 1.807) is 6.07 Å². The van der Waals surface area contributed by atoms with Gasteiger partial charge >= 0.3 is 0 Å². The zero-order valence-corrected chi connectivity index (χ0v) is 8.14. The quantitative estimate of drug-likeness (QED) is 0.748. The molecule has 3 nitrogen and oxygen atoms in total. The molecule has 2 aromatic rings. The number of phenolic OH excluding ortho intramolecular Hbond substituents is 1. The SMILES string of the molecule is N#CCc1ccc2cc(N)sc2c1O. The van der Waals surface area contributed by atoms with Crippen molar-refractivity contribution in [2.75, 3.05) is 5.73 Å². The Morgan fingerprint density at radius 2 is 2.29 bits per heavy atom. The highest BCUT2D eigenvalue weighted by molar-refractivity contribution is 7.23. The predicted molar refractivity (Wildman–Crippen MR) is 57.2 cm³/mol. The maximum Gasteiger partial charge on any atom is 0.137 e. The third-order valence-corrected chi connectivity index (χ3v) is 3.02. The van der Waals surface area contributed by atoms with Gasteiger partial charge in [-0.05, 0) is 11.5 Å². The summed E-state index contributed by atoms with van der Waals surface area (Å²) in [7, 11) is 0. The molecule has 0 spiro atoms. The molecule has 0 unspecified atom stereocenters. The average Bonchev–Trinajstić information content (AvgIpc) is 2.52. The number of hydrogen-bond donors (Lipinski definition) is 2. The van der Waals surface area contributed by atoms with E-state index in [0.29, 0.717) is 10.6 Å². The molecule has 0 atom stereocenters. The van der Waals surface area contributed by atoms with E-state index in [2.05, 4.69) is 0 Å². The third-order valence-electron chi connectivity index (χ3n) is 2.03. The fraction of sp³-hybridized carbons (Fsp3) is 0.100. The molecule has 3 N–H and O–H groups in total. The molecular weight excluding hydrogens is 196 g/mol. The molecule has 0 saturated carbocycles. The van der Waals surface area contributed by atoms with Crippen molar-refractivity contribution >= 4 is 26.4 Å². The van der Waals surface area contributed by atoms with Crippen LogP contribution in [0.5, 0.6) is 5.75 Å². The van der Waals surface area contributed by atoms with Crippen LogP contribution in [0.2, 0.25) is 0 Å². The molecule has 0 aliphatic rings. The lowest BCUT2D eigenvalue weighted by molar-refractivity contribution is 0.477. The second-order valence-electron chi connectivity index (χ2n) is 2.98. The Morgan fingerprint density at radius 1 is 1.50 bits per heavy atom. The summed E-state index contributed by atoms with van der Waals surface area (Å²) in [6.07, 6.45) is 0.222. The van der Waals surface area contributed by atoms with Crippen LogP contribution in [-0.4, -0.2) is 5.11 Å². The number of fused-ring (bicyclic) bond motifs is 1. The van der Waals surface area contributed by atoms with E-state index in [1.165, 1.54) is 11.3 Å². The van der Waals surface area contributed by atoms with Crippen LogP contribution in [0.4, 0.5) is 5.00 Å². The summed E-state index contributed by atoms with van der Waals surface area (Å²) in [4.78, 5) is 0. The van der Waals surface area contributed by atoms with Crippen molar-refractivity contribution in [3.63, 3.8) is 0 Å². The summed E-state index contributed by atoms with van der Waals surface area (Å²) in [6.45, 7) is 0. The van der Waals surface area contributed by atoms with Crippen LogP contribution < -0.4 is 5.73 Å². The largest absolute Gasteiger partial charge is 0.506 e. The Balaban J connectivity index is 2.69. The van der Waals surface area contributed by atoms with Crippen LogP contribution in [0.3, 0.4) is 0 Å². The summed E-state index contributed by atoms with van der Waals surface area (Å²) >= 11 is 1.34. The molecular formula is C10H8N2OS. The van der Waals surface area contributed by atoms with Gasteiger partial charge in [-0.2, -0.15) is 5.26 Å². The lowest BCUT2D eigenvalue weighted by atomic mass is 10.1. The maximum absolute atomic E-state index is 9.80. The van der Waals surface area contributed by atoms with Crippen LogP contribution >= 0.6 is 11.3 Å². The average molecular weight is 204 g/mol. The molecule has 0 amide bonds. The fourth-order valence-electron chi connectivity index (χ4n) is 1.38. The number of nitrogens with two attached hydrogens (primary N) is 1. The van der Waals surface area contributed by atoms with Crippen molar-refractivity contribution in [2.24, 2.45) is 0 Å². The molecule has 1 heterocycles. The third kappa shape index (κ3) is 1.28. The minimum atomic E-state index is 0.186. The van der Waals surface area contributed by atoms with E-state index in [9.17, 15) is 5.11 Å². The molecule has 0 aliphatic carbocycles. The molecule has 0 radical (unpaired) electrons. The van der Waals surface area contributed by atoms with Crippen LogP contribution in [0.15, 0.2) is 18.2 Å². The molecule has 1 aromatic carbocycles. The van der Waals surface area contributed by atoms with Gasteiger partial charge in [0, 0.05) is 5.56 Å². The van der Waals surface area contributed by atoms with Gasteiger partial charge in [0.1, 0.15) is 5.75 Å². The summed E-state index contributed by atoms with van der Waals surface area (Å²) in [5.74, 6) is 0.186. The number of anilines is 1. The van der Waals surface area contributed by atoms with Crippen molar-refractivity contribution in [3.05, 3.63) is 23.8 Å². The minimum absolute atomic E-state index is 0.186. The Morgan fingerprint density at radius 3 is 3.00 bits per heavy atom. The normalized spacial score (nSPS) is 10.2. The molecule has 14 heavy (non-hydrogen) atoms. The number of hydrogen-bond acceptors (Lipinski definition) is 4. The monoisotopic (exact) mass is 204 g/mol. The van der Waals surface area contributed by atoms with Gasteiger partial charge in [-0.3, -0.25) is 0 Å². The molecule has 0 fully saturated rings. The first-order chi connectivity index (χ1) is 6.72. The number of thiophene rings is 1. The van der Waals surface area contributed by atoms with Crippen molar-refractivity contribution in [1.29, 1.82) is 5.26 Å². The highest BCUT2D eigenvalue weighted by atomic mass is 32.1. The van der Waals surface area contributed by atoms with E-state index in [0.717, 1.165) is 10.1 Å². The Labute approximate surface area is 85.0 Å². The van der Waals surface area contributed by atoms with Crippen LogP contribution in [0, 0.1) is 11.3 Å². The topological polar surface area (TPSA) is 70.0 Å². The summed E-state index contributed by atoms with van der Waals surface area (Å²) in [5.41, 5.74) is 6.28. The van der Waals surface area contributed by atoms with Gasteiger partial charge in [0.15, 0.2) is 0 Å². The molecule has 0 saturated heterocycles. The second-order valence-corrected chi connectivity index (χ2v) is 4.06. The van der Waals surface area contributed by atoms with Crippen LogP contribution in [0.25, 0.3) is 10.1 Å². The summed E-state index contributed by atoms with van der Waals surface area (Å²) < 4.78 is 0.759. The van der Waals surface area contributed by atoms with E-state index in [-0.39, 0.29) is 12.2 Å². The number of nitrogen functional groups attached to an aromatic ring is 1. The Kier molecular flexibility index (Phi) is 2.02. The number of nitriles is 1. The zero-order valence-electron chi connectivity index (χ0n) is 7.32. The van der Waals surface area contributed by atoms with Gasteiger partial charge in [0.25, 0.3) is 0 Å². The predicted octanol–water partition coefficient (Wildman–Crippen LogP) is 2.26. The van der Waals surface area contributed by atoms with Gasteiger partial charge in [-0.15, -0.1) is 11.3 Å². The van der Waals surface area contributed by atoms with Gasteiger partial charge in [-0.25, -0.2) is 0 Å². The highest BCUT2D eigenvalue weighted by Crippen LogP contribution is 2.36. The van der Waals surface area contributed by atoms with Crippen LogP contribution in [0.1, 0.15) is 5.56 Å². The number of benzene rings is 1. The Bertz CT molecular complexity index is 525. The van der Waals surface area contributed by atoms with E-state index in [4.69, 9.17) is 11.0 Å². The number of phenols is 1. The first kappa shape index (κ1) is 8.85. The lowest BCUT2D eigenvalue weighted by Crippen LogP contribution is -1.81. The zero-order chi connectivity index (χ0) is 10.1. The summed E-state index contributed by atoms with van der Waals surface area (Å²) in [6, 6.07) is 7.45. The minimum Gasteiger partial charge on any atom is -0.506 e. The molecule has 70 valence electrons. The molecule has 0 aliphatic heterocycles. The molecule has 4 heteroatoms. The van der Waals surface area contributed by atoms with Gasteiger partial charge < -0.3 is 10.8 Å². The highest BCUT2D eigenvalue weighted by Gasteiger charge is 2.08. The Hall–Kier alpha value is -1.73. The standard InChI is InChI=1S/C10H8N2OS/c11-4-3-6-1-2-7-5-8(12)14-10(7)9(6)13/h1-2,5,13H,3,12H2. The molecule has 1 aromatic heterocycles. The first-order valence-electron chi connectivity index (χ1n) is 4.09. The number of nitrogens with zero attached hydrogens (tertiary/aromatic N) is 1. The molecule has 0 bridgehead atoms. The lowest BCUT2D eigenvalue weighted by Gasteiger charge is -1.99. The first-order valence-corrected chi connectivity index (χ1v) is 4.91. The van der Waals surface area contributed by atoms with Crippen LogP contribution in [-0.2, 0) is 6.42 Å². The van der Waals surface area contributed by atoms with E-state index in [1.807, 2.05) is 18.2 Å².